The molecule has 120 valence electrons. The third-order valence-corrected chi connectivity index (χ3v) is 2.94. The Hall–Kier alpha value is -2.04. The van der Waals surface area contributed by atoms with Crippen molar-refractivity contribution in [2.75, 3.05) is 0 Å². The summed E-state index contributed by atoms with van der Waals surface area (Å²) in [6.07, 6.45) is 13.2. The first-order valence-electron chi connectivity index (χ1n) is 6.52. The van der Waals surface area contributed by atoms with Gasteiger partial charge >= 0.3 is 0 Å². The second kappa shape index (κ2) is 11.5. The van der Waals surface area contributed by atoms with Gasteiger partial charge in [0, 0.05) is 29.8 Å². The van der Waals surface area contributed by atoms with Gasteiger partial charge in [0.05, 0.1) is 17.8 Å². The zero-order valence-electron chi connectivity index (χ0n) is 12.3. The molecule has 2 aromatic heterocycles. The Balaban J connectivity index is 0.00000242. The molecule has 23 heavy (non-hydrogen) atoms. The number of rotatable bonds is 5. The number of aromatic nitrogens is 2. The summed E-state index contributed by atoms with van der Waals surface area (Å²) in [6, 6.07) is 9.44. The van der Waals surface area contributed by atoms with Gasteiger partial charge in [0.25, 0.3) is 0 Å². The Morgan fingerprint density at radius 1 is 0.957 bits per heavy atom. The van der Waals surface area contributed by atoms with E-state index in [0.29, 0.717) is 5.56 Å². The van der Waals surface area contributed by atoms with Gasteiger partial charge in [-0.2, -0.15) is 5.26 Å². The van der Waals surface area contributed by atoms with Gasteiger partial charge in [-0.1, -0.05) is 5.16 Å². The lowest BCUT2D eigenvalue weighted by Crippen LogP contribution is -3.00. The molecule has 0 bridgehead atoms. The highest BCUT2D eigenvalue weighted by Crippen LogP contribution is 1.91. The summed E-state index contributed by atoms with van der Waals surface area (Å²) in [4.78, 5) is 0. The number of hydrogen-bond acceptors (Lipinski definition) is 3. The molecule has 0 radical (unpaired) electrons. The van der Waals surface area contributed by atoms with Crippen molar-refractivity contribution in [3.05, 3.63) is 72.3 Å². The fourth-order valence-corrected chi connectivity index (χ4v) is 1.79. The molecule has 2 heterocycles. The van der Waals surface area contributed by atoms with E-state index < -0.39 is 0 Å². The van der Waals surface area contributed by atoms with Crippen LogP contribution >= 0.6 is 0 Å². The number of allylic oxidation sites excluding steroid dienone is 2. The van der Waals surface area contributed by atoms with Gasteiger partial charge < -0.3 is 39.2 Å². The number of pyridine rings is 2. The highest BCUT2D eigenvalue weighted by atomic mass is 79.9. The van der Waals surface area contributed by atoms with Crippen LogP contribution in [0.25, 0.3) is 0 Å². The van der Waals surface area contributed by atoms with Crippen LogP contribution in [0, 0.1) is 11.3 Å². The van der Waals surface area contributed by atoms with Crippen LogP contribution in [0.1, 0.15) is 11.1 Å². The van der Waals surface area contributed by atoms with E-state index in [9.17, 15) is 0 Å². The van der Waals surface area contributed by atoms with Crippen molar-refractivity contribution < 1.29 is 48.3 Å². The van der Waals surface area contributed by atoms with E-state index >= 15 is 0 Å². The molecule has 0 amide bonds. The first-order valence-corrected chi connectivity index (χ1v) is 6.52. The molecule has 5 nitrogen and oxygen atoms in total. The molecule has 0 aliphatic heterocycles. The largest absolute Gasteiger partial charge is 1.00 e. The zero-order chi connectivity index (χ0) is 14.9. The lowest BCUT2D eigenvalue weighted by molar-refractivity contribution is -0.691. The highest BCUT2D eigenvalue weighted by molar-refractivity contribution is 5.78. The fraction of sp³-hybridized carbons (Fsp3) is 0.125. The van der Waals surface area contributed by atoms with E-state index in [4.69, 9.17) is 10.5 Å². The smallest absolute Gasteiger partial charge is 0.170 e. The van der Waals surface area contributed by atoms with Crippen LogP contribution in [0.5, 0.6) is 0 Å². The third-order valence-electron chi connectivity index (χ3n) is 2.94. The zero-order valence-corrected chi connectivity index (χ0v) is 15.4. The first-order chi connectivity index (χ1) is 10.3. The molecule has 0 atom stereocenters. The highest BCUT2D eigenvalue weighted by Gasteiger charge is 1.99. The second-order valence-corrected chi connectivity index (χ2v) is 4.44. The van der Waals surface area contributed by atoms with Crippen molar-refractivity contribution in [3.63, 3.8) is 0 Å². The molecular formula is C16H16Br2N4O. The molecule has 0 unspecified atom stereocenters. The number of halogens is 2. The van der Waals surface area contributed by atoms with Gasteiger partial charge in [0.15, 0.2) is 37.9 Å². The Labute approximate surface area is 156 Å². The molecule has 0 spiro atoms. The van der Waals surface area contributed by atoms with Gasteiger partial charge in [0.1, 0.15) is 0 Å². The van der Waals surface area contributed by atoms with Crippen LogP contribution in [0.3, 0.4) is 0 Å². The van der Waals surface area contributed by atoms with Gasteiger partial charge in [0.2, 0.25) is 0 Å². The van der Waals surface area contributed by atoms with E-state index in [1.54, 1.807) is 12.1 Å². The van der Waals surface area contributed by atoms with Gasteiger partial charge in [-0.15, -0.1) is 0 Å². The van der Waals surface area contributed by atoms with Crippen molar-refractivity contribution in [2.45, 2.75) is 13.1 Å². The minimum absolute atomic E-state index is 0. The van der Waals surface area contributed by atoms with E-state index in [0.717, 1.165) is 18.7 Å². The number of hydrogen-bond donors (Lipinski definition) is 1. The van der Waals surface area contributed by atoms with E-state index in [2.05, 4.69) is 23.4 Å². The van der Waals surface area contributed by atoms with Crippen LogP contribution in [0.4, 0.5) is 0 Å². The van der Waals surface area contributed by atoms with Gasteiger partial charge in [-0.05, 0) is 12.2 Å². The average Bonchev–Trinajstić information content (AvgIpc) is 2.54. The monoisotopic (exact) mass is 438 g/mol. The Morgan fingerprint density at radius 2 is 1.43 bits per heavy atom. The van der Waals surface area contributed by atoms with Crippen LogP contribution in [0.2, 0.25) is 0 Å². The molecule has 0 saturated heterocycles. The van der Waals surface area contributed by atoms with Gasteiger partial charge in [-0.3, -0.25) is 0 Å². The first kappa shape index (κ1) is 21.0. The predicted octanol–water partition coefficient (Wildman–Crippen LogP) is -4.79. The minimum Gasteiger partial charge on any atom is -1.00 e. The summed E-state index contributed by atoms with van der Waals surface area (Å²) in [5.74, 6) is 0. The maximum Gasteiger partial charge on any atom is 0.170 e. The lowest BCUT2D eigenvalue weighted by atomic mass is 10.3. The van der Waals surface area contributed by atoms with Crippen LogP contribution in [0.15, 0.2) is 66.4 Å². The molecule has 0 fully saturated rings. The van der Waals surface area contributed by atoms with Crippen molar-refractivity contribution >= 4 is 6.21 Å². The molecule has 2 aromatic rings. The van der Waals surface area contributed by atoms with Crippen molar-refractivity contribution in [1.29, 1.82) is 5.26 Å². The Morgan fingerprint density at radius 3 is 1.87 bits per heavy atom. The minimum atomic E-state index is 0. The predicted molar refractivity (Wildman–Crippen MR) is 76.5 cm³/mol. The van der Waals surface area contributed by atoms with Crippen molar-refractivity contribution in [3.8, 4) is 6.07 Å². The summed E-state index contributed by atoms with van der Waals surface area (Å²) in [5, 5.41) is 20.1. The summed E-state index contributed by atoms with van der Waals surface area (Å²) in [7, 11) is 0. The molecule has 7 heteroatoms. The van der Waals surface area contributed by atoms with Crippen LogP contribution < -0.4 is 43.1 Å². The molecule has 0 aliphatic rings. The third kappa shape index (κ3) is 7.17. The van der Waals surface area contributed by atoms with E-state index in [-0.39, 0.29) is 34.0 Å². The Bertz CT molecular complexity index is 677. The number of oxime groups is 1. The maximum atomic E-state index is 8.72. The molecule has 0 aliphatic carbocycles. The summed E-state index contributed by atoms with van der Waals surface area (Å²) < 4.78 is 4.03. The van der Waals surface area contributed by atoms with Gasteiger partial charge in [-0.25, -0.2) is 9.13 Å². The van der Waals surface area contributed by atoms with Crippen LogP contribution in [-0.2, 0) is 13.1 Å². The molecule has 0 saturated carbocycles. The quantitative estimate of drug-likeness (QED) is 0.167. The second-order valence-electron chi connectivity index (χ2n) is 4.44. The number of nitriles is 1. The molecule has 0 aromatic carbocycles. The van der Waals surface area contributed by atoms with Crippen LogP contribution in [-0.4, -0.2) is 11.4 Å². The summed E-state index contributed by atoms with van der Waals surface area (Å²) in [5.41, 5.74) is 1.52. The van der Waals surface area contributed by atoms with E-state index in [1.165, 1.54) is 6.21 Å². The van der Waals surface area contributed by atoms with Crippen molar-refractivity contribution in [1.82, 2.24) is 0 Å². The lowest BCUT2D eigenvalue weighted by Gasteiger charge is -1.93. The summed E-state index contributed by atoms with van der Waals surface area (Å²) >= 11 is 0. The molecule has 1 N–H and O–H groups in total. The number of nitrogens with zero attached hydrogens (tertiary/aromatic N) is 4. The summed E-state index contributed by atoms with van der Waals surface area (Å²) in [6.45, 7) is 1.54. The maximum absolute atomic E-state index is 8.72. The van der Waals surface area contributed by atoms with E-state index in [1.807, 2.05) is 46.1 Å². The SMILES string of the molecule is N#Cc1cc[n+](C/C=C/C[n+]2ccc(/C=N\O)cc2)cc1.[Br-].[Br-]. The fourth-order valence-electron chi connectivity index (χ4n) is 1.79. The molecule has 2 rings (SSSR count). The Kier molecular flexibility index (Phi) is 10.5. The molecular weight excluding hydrogens is 424 g/mol. The topological polar surface area (TPSA) is 64.1 Å². The standard InChI is InChI=1S/C16H15N4O.2BrH/c17-13-15-3-9-19(10-4-15)7-1-2-8-20-11-5-16(6-12-20)14-18-21;;/h1-6,9-12,14H,7-8H2;2*1H/q+1;;/p-1/b2-1+;;. The normalized spacial score (nSPS) is 10.0. The van der Waals surface area contributed by atoms with Crippen molar-refractivity contribution in [2.24, 2.45) is 5.16 Å². The average molecular weight is 440 g/mol.